The molecule has 2 aromatic rings. The maximum absolute atomic E-state index is 13.4. The molecule has 0 heterocycles. The van der Waals surface area contributed by atoms with Crippen molar-refractivity contribution in [2.24, 2.45) is 0 Å². The molecule has 0 saturated carbocycles. The van der Waals surface area contributed by atoms with Gasteiger partial charge in [-0.3, -0.25) is 0 Å². The summed E-state index contributed by atoms with van der Waals surface area (Å²) >= 11 is 0. The highest BCUT2D eigenvalue weighted by Crippen LogP contribution is 2.25. The van der Waals surface area contributed by atoms with Gasteiger partial charge < -0.3 is 5.32 Å². The first-order valence-corrected chi connectivity index (χ1v) is 7.07. The van der Waals surface area contributed by atoms with Gasteiger partial charge in [-0.2, -0.15) is 0 Å². The summed E-state index contributed by atoms with van der Waals surface area (Å²) in [6.45, 7) is 5.13. The van der Waals surface area contributed by atoms with E-state index in [1.165, 1.54) is 22.8 Å². The third-order valence-electron chi connectivity index (χ3n) is 3.87. The number of hydrogen-bond acceptors (Lipinski definition) is 1. The topological polar surface area (TPSA) is 12.0 Å². The number of benzene rings is 2. The van der Waals surface area contributed by atoms with E-state index in [-0.39, 0.29) is 11.7 Å². The Morgan fingerprint density at radius 2 is 1.70 bits per heavy atom. The van der Waals surface area contributed by atoms with Crippen molar-refractivity contribution in [1.82, 2.24) is 5.32 Å². The smallest absolute Gasteiger partial charge is 0.123 e. The molecule has 0 aliphatic rings. The number of likely N-dealkylation sites (N-methyl/N-ethyl adjacent to an activating group) is 1. The van der Waals surface area contributed by atoms with Crippen molar-refractivity contribution in [3.05, 3.63) is 70.5 Å². The highest BCUT2D eigenvalue weighted by Gasteiger charge is 2.14. The summed E-state index contributed by atoms with van der Waals surface area (Å²) in [6.07, 6.45) is 0.933. The average Bonchev–Trinajstić information content (AvgIpc) is 2.42. The maximum Gasteiger partial charge on any atom is 0.123 e. The van der Waals surface area contributed by atoms with Crippen molar-refractivity contribution in [1.29, 1.82) is 0 Å². The molecule has 2 aromatic carbocycles. The highest BCUT2D eigenvalue weighted by atomic mass is 19.1. The summed E-state index contributed by atoms with van der Waals surface area (Å²) in [5.74, 6) is 0.126. The van der Waals surface area contributed by atoms with Gasteiger partial charge in [0.25, 0.3) is 0 Å². The molecule has 0 aliphatic carbocycles. The fraction of sp³-hybridized carbons (Fsp3) is 0.333. The van der Waals surface area contributed by atoms with Crippen LogP contribution in [0.4, 0.5) is 4.39 Å². The van der Waals surface area contributed by atoms with Gasteiger partial charge in [-0.25, -0.2) is 4.39 Å². The molecule has 106 valence electrons. The third-order valence-corrected chi connectivity index (χ3v) is 3.87. The molecule has 1 unspecified atom stereocenters. The van der Waals surface area contributed by atoms with E-state index >= 15 is 0 Å². The van der Waals surface area contributed by atoms with Gasteiger partial charge in [-0.1, -0.05) is 30.3 Å². The van der Waals surface area contributed by atoms with Gasteiger partial charge in [0.2, 0.25) is 0 Å². The fourth-order valence-electron chi connectivity index (χ4n) is 2.73. The Hall–Kier alpha value is -1.67. The van der Waals surface area contributed by atoms with Crippen molar-refractivity contribution in [2.75, 3.05) is 13.6 Å². The Balaban J connectivity index is 2.30. The van der Waals surface area contributed by atoms with Crippen LogP contribution in [0.25, 0.3) is 0 Å². The normalized spacial score (nSPS) is 12.4. The molecule has 1 N–H and O–H groups in total. The van der Waals surface area contributed by atoms with Gasteiger partial charge in [0, 0.05) is 12.5 Å². The summed E-state index contributed by atoms with van der Waals surface area (Å²) in [7, 11) is 1.94. The molecule has 0 spiro atoms. The van der Waals surface area contributed by atoms with Crippen LogP contribution in [0.1, 0.15) is 28.2 Å². The Morgan fingerprint density at radius 3 is 2.30 bits per heavy atom. The Morgan fingerprint density at radius 1 is 1.05 bits per heavy atom. The van der Waals surface area contributed by atoms with Crippen molar-refractivity contribution < 1.29 is 4.39 Å². The van der Waals surface area contributed by atoms with Gasteiger partial charge in [0.15, 0.2) is 0 Å². The first-order valence-electron chi connectivity index (χ1n) is 7.07. The monoisotopic (exact) mass is 271 g/mol. The van der Waals surface area contributed by atoms with Crippen LogP contribution in [0, 0.1) is 19.7 Å². The SMILES string of the molecule is CNCC(Cc1c(C)cccc1C)c1cccc(F)c1. The lowest BCUT2D eigenvalue weighted by molar-refractivity contribution is 0.599. The van der Waals surface area contributed by atoms with Gasteiger partial charge in [-0.15, -0.1) is 0 Å². The second kappa shape index (κ2) is 6.67. The van der Waals surface area contributed by atoms with Crippen LogP contribution in [-0.2, 0) is 6.42 Å². The minimum atomic E-state index is -0.162. The molecular weight excluding hydrogens is 249 g/mol. The standard InChI is InChI=1S/C18H22FN/c1-13-6-4-7-14(2)18(13)11-16(12-20-3)15-8-5-9-17(19)10-15/h4-10,16,20H,11-12H2,1-3H3. The van der Waals surface area contributed by atoms with Crippen LogP contribution < -0.4 is 5.32 Å². The van der Waals surface area contributed by atoms with Crippen molar-refractivity contribution in [3.8, 4) is 0 Å². The van der Waals surface area contributed by atoms with E-state index in [2.05, 4.69) is 37.4 Å². The molecule has 2 rings (SSSR count). The van der Waals surface area contributed by atoms with E-state index in [0.717, 1.165) is 18.5 Å². The molecule has 0 radical (unpaired) electrons. The van der Waals surface area contributed by atoms with Crippen molar-refractivity contribution in [2.45, 2.75) is 26.2 Å². The van der Waals surface area contributed by atoms with E-state index in [0.29, 0.717) is 0 Å². The lowest BCUT2D eigenvalue weighted by Crippen LogP contribution is -2.20. The van der Waals surface area contributed by atoms with Crippen LogP contribution in [0.15, 0.2) is 42.5 Å². The van der Waals surface area contributed by atoms with Gasteiger partial charge in [0.05, 0.1) is 0 Å². The van der Waals surface area contributed by atoms with E-state index in [4.69, 9.17) is 0 Å². The molecule has 0 fully saturated rings. The lowest BCUT2D eigenvalue weighted by atomic mass is 9.88. The summed E-state index contributed by atoms with van der Waals surface area (Å²) in [4.78, 5) is 0. The Bertz CT molecular complexity index is 557. The minimum Gasteiger partial charge on any atom is -0.319 e. The van der Waals surface area contributed by atoms with Crippen LogP contribution in [0.3, 0.4) is 0 Å². The van der Waals surface area contributed by atoms with Gasteiger partial charge in [0.1, 0.15) is 5.82 Å². The second-order valence-corrected chi connectivity index (χ2v) is 5.38. The number of hydrogen-bond donors (Lipinski definition) is 1. The van der Waals surface area contributed by atoms with Crippen LogP contribution >= 0.6 is 0 Å². The predicted octanol–water partition coefficient (Wildman–Crippen LogP) is 3.99. The van der Waals surface area contributed by atoms with Crippen molar-refractivity contribution >= 4 is 0 Å². The zero-order valence-corrected chi connectivity index (χ0v) is 12.4. The molecular formula is C18H22FN. The largest absolute Gasteiger partial charge is 0.319 e. The number of halogens is 1. The molecule has 1 atom stereocenters. The third kappa shape index (κ3) is 3.45. The van der Waals surface area contributed by atoms with E-state index < -0.39 is 0 Å². The maximum atomic E-state index is 13.4. The van der Waals surface area contributed by atoms with E-state index in [1.54, 1.807) is 12.1 Å². The first kappa shape index (κ1) is 14.7. The Kier molecular flexibility index (Phi) is 4.91. The first-order chi connectivity index (χ1) is 9.61. The number of rotatable bonds is 5. The molecule has 20 heavy (non-hydrogen) atoms. The summed E-state index contributed by atoms with van der Waals surface area (Å²) in [5.41, 5.74) is 5.05. The lowest BCUT2D eigenvalue weighted by Gasteiger charge is -2.20. The zero-order chi connectivity index (χ0) is 14.5. The van der Waals surface area contributed by atoms with Gasteiger partial charge >= 0.3 is 0 Å². The molecule has 0 saturated heterocycles. The quantitative estimate of drug-likeness (QED) is 0.867. The van der Waals surface area contributed by atoms with Gasteiger partial charge in [-0.05, 0) is 61.7 Å². The molecule has 1 nitrogen and oxygen atoms in total. The van der Waals surface area contributed by atoms with E-state index in [9.17, 15) is 4.39 Å². The molecule has 0 bridgehead atoms. The van der Waals surface area contributed by atoms with Crippen molar-refractivity contribution in [3.63, 3.8) is 0 Å². The highest BCUT2D eigenvalue weighted by molar-refractivity contribution is 5.36. The Labute approximate surface area is 120 Å². The molecule has 0 amide bonds. The van der Waals surface area contributed by atoms with E-state index in [1.807, 2.05) is 13.1 Å². The minimum absolute atomic E-state index is 0.162. The summed E-state index contributed by atoms with van der Waals surface area (Å²) in [6, 6.07) is 13.3. The number of aryl methyl sites for hydroxylation is 2. The van der Waals surface area contributed by atoms with Crippen LogP contribution in [0.2, 0.25) is 0 Å². The second-order valence-electron chi connectivity index (χ2n) is 5.38. The fourth-order valence-corrected chi connectivity index (χ4v) is 2.73. The predicted molar refractivity (Wildman–Crippen MR) is 82.7 cm³/mol. The summed E-state index contributed by atoms with van der Waals surface area (Å²) in [5, 5.41) is 3.22. The molecule has 0 aromatic heterocycles. The van der Waals surface area contributed by atoms with Crippen LogP contribution in [-0.4, -0.2) is 13.6 Å². The summed E-state index contributed by atoms with van der Waals surface area (Å²) < 4.78 is 13.4. The molecule has 2 heteroatoms. The molecule has 0 aliphatic heterocycles. The number of nitrogens with one attached hydrogen (secondary N) is 1. The van der Waals surface area contributed by atoms with Crippen LogP contribution in [0.5, 0.6) is 0 Å². The zero-order valence-electron chi connectivity index (χ0n) is 12.4. The average molecular weight is 271 g/mol.